The molecule has 1 aromatic carbocycles. The third kappa shape index (κ3) is 2.71. The van der Waals surface area contributed by atoms with E-state index >= 15 is 0 Å². The van der Waals surface area contributed by atoms with Crippen LogP contribution in [-0.4, -0.2) is 19.8 Å². The van der Waals surface area contributed by atoms with Crippen LogP contribution in [0.3, 0.4) is 0 Å². The second kappa shape index (κ2) is 5.11. The van der Waals surface area contributed by atoms with E-state index < -0.39 is 7.74 Å². The fourth-order valence-corrected chi connectivity index (χ4v) is 3.22. The van der Waals surface area contributed by atoms with Crippen molar-refractivity contribution in [2.75, 3.05) is 13.7 Å². The summed E-state index contributed by atoms with van der Waals surface area (Å²) in [6.45, 7) is 2.65. The quantitative estimate of drug-likeness (QED) is 0.740. The Balaban J connectivity index is 2.30. The second-order valence-corrected chi connectivity index (χ2v) is 5.60. The van der Waals surface area contributed by atoms with Gasteiger partial charge in [0.1, 0.15) is 0 Å². The molecular formula is C11H16NO3P. The number of hydrogen-bond donors (Lipinski definition) is 0. The summed E-state index contributed by atoms with van der Waals surface area (Å²) < 4.78 is 21.1. The third-order valence-corrected chi connectivity index (χ3v) is 4.39. The fourth-order valence-electron chi connectivity index (χ4n) is 1.47. The first-order chi connectivity index (χ1) is 7.74. The van der Waals surface area contributed by atoms with Gasteiger partial charge < -0.3 is 9.05 Å². The molecule has 0 bridgehead atoms. The van der Waals surface area contributed by atoms with E-state index in [4.69, 9.17) is 13.6 Å². The smallest absolute Gasteiger partial charge is 0.306 e. The monoisotopic (exact) mass is 241 g/mol. The Kier molecular flexibility index (Phi) is 3.77. The van der Waals surface area contributed by atoms with E-state index in [9.17, 15) is 0 Å². The van der Waals surface area contributed by atoms with Crippen LogP contribution >= 0.6 is 7.74 Å². The van der Waals surface area contributed by atoms with Gasteiger partial charge in [-0.1, -0.05) is 18.2 Å². The van der Waals surface area contributed by atoms with E-state index in [1.54, 1.807) is 7.11 Å². The molecule has 88 valence electrons. The van der Waals surface area contributed by atoms with Crippen molar-refractivity contribution < 1.29 is 13.6 Å². The van der Waals surface area contributed by atoms with Gasteiger partial charge in [-0.2, -0.15) is 4.74 Å². The lowest BCUT2D eigenvalue weighted by atomic mass is 10.3. The molecule has 0 unspecified atom stereocenters. The summed E-state index contributed by atoms with van der Waals surface area (Å²) >= 11 is 0. The highest BCUT2D eigenvalue weighted by molar-refractivity contribution is 7.51. The van der Waals surface area contributed by atoms with E-state index in [1.165, 1.54) is 0 Å². The van der Waals surface area contributed by atoms with Crippen molar-refractivity contribution in [1.29, 1.82) is 0 Å². The Hall–Kier alpha value is -0.670. The molecule has 5 heteroatoms. The molecule has 0 spiro atoms. The van der Waals surface area contributed by atoms with Crippen LogP contribution in [0.5, 0.6) is 0 Å². The summed E-state index contributed by atoms with van der Waals surface area (Å²) in [7, 11) is -0.943. The molecule has 1 heterocycles. The third-order valence-electron chi connectivity index (χ3n) is 2.32. The molecule has 2 rings (SSSR count). The lowest BCUT2D eigenvalue weighted by Crippen LogP contribution is -2.17. The van der Waals surface area contributed by atoms with Crippen molar-refractivity contribution in [1.82, 2.24) is 0 Å². The molecule has 2 atom stereocenters. The van der Waals surface area contributed by atoms with Crippen LogP contribution in [-0.2, 0) is 13.6 Å². The molecule has 0 aromatic heterocycles. The van der Waals surface area contributed by atoms with Crippen LogP contribution in [0.2, 0.25) is 0 Å². The molecular weight excluding hydrogens is 225 g/mol. The lowest BCUT2D eigenvalue weighted by molar-refractivity contribution is 0.0710. The molecule has 1 aliphatic rings. The minimum absolute atomic E-state index is 0.134. The maximum atomic E-state index is 5.73. The summed E-state index contributed by atoms with van der Waals surface area (Å²) in [5.41, 5.74) is 0.826. The van der Waals surface area contributed by atoms with Crippen molar-refractivity contribution >= 4 is 13.4 Å². The number of nitrogens with zero attached hydrogens (tertiary/aromatic N) is 1. The molecule has 1 aliphatic heterocycles. The maximum Gasteiger partial charge on any atom is 0.360 e. The molecule has 0 aliphatic carbocycles. The molecule has 16 heavy (non-hydrogen) atoms. The van der Waals surface area contributed by atoms with Gasteiger partial charge in [0.15, 0.2) is 0 Å². The zero-order valence-corrected chi connectivity index (χ0v) is 10.4. The van der Waals surface area contributed by atoms with E-state index in [-0.39, 0.29) is 6.10 Å². The predicted molar refractivity (Wildman–Crippen MR) is 63.6 cm³/mol. The highest BCUT2D eigenvalue weighted by Crippen LogP contribution is 2.57. The molecule has 0 N–H and O–H groups in total. The summed E-state index contributed by atoms with van der Waals surface area (Å²) in [4.78, 5) is 0. The van der Waals surface area contributed by atoms with Gasteiger partial charge >= 0.3 is 7.74 Å². The Labute approximate surface area is 95.8 Å². The zero-order chi connectivity index (χ0) is 11.4. The second-order valence-electron chi connectivity index (χ2n) is 3.62. The maximum absolute atomic E-state index is 5.73. The summed E-state index contributed by atoms with van der Waals surface area (Å²) in [5, 5.41) is 0. The average Bonchev–Trinajstić information content (AvgIpc) is 2.30. The average molecular weight is 241 g/mol. The summed E-state index contributed by atoms with van der Waals surface area (Å²) in [6, 6.07) is 9.62. The fraction of sp³-hybridized carbons (Fsp3) is 0.455. The van der Waals surface area contributed by atoms with Gasteiger partial charge in [0.05, 0.1) is 18.4 Å². The number of benzene rings is 1. The highest BCUT2D eigenvalue weighted by Gasteiger charge is 2.29. The first-order valence-corrected chi connectivity index (χ1v) is 6.80. The normalized spacial score (nSPS) is 30.0. The SMILES string of the molecule is CO[P@]1(=Nc2ccccc2)OCC[C@H](C)O1. The van der Waals surface area contributed by atoms with Gasteiger partial charge in [0.2, 0.25) is 0 Å². The lowest BCUT2D eigenvalue weighted by Gasteiger charge is -2.30. The molecule has 0 amide bonds. The Bertz CT molecular complexity index is 393. The Morgan fingerprint density at radius 1 is 1.38 bits per heavy atom. The first-order valence-electron chi connectivity index (χ1n) is 5.30. The van der Waals surface area contributed by atoms with E-state index in [2.05, 4.69) is 4.74 Å². The standard InChI is InChI=1S/C11H16NO3P/c1-10-8-9-14-16(13-2,15-10)12-11-6-4-3-5-7-11/h3-7,10H,8-9H2,1-2H3/t10-,16+/m0/s1. The van der Waals surface area contributed by atoms with Crippen LogP contribution < -0.4 is 0 Å². The highest BCUT2D eigenvalue weighted by atomic mass is 31.2. The van der Waals surface area contributed by atoms with Crippen LogP contribution in [0, 0.1) is 0 Å². The zero-order valence-electron chi connectivity index (χ0n) is 9.50. The molecule has 4 nitrogen and oxygen atoms in total. The van der Waals surface area contributed by atoms with Gasteiger partial charge in [0.25, 0.3) is 0 Å². The van der Waals surface area contributed by atoms with Crippen molar-refractivity contribution in [3.8, 4) is 0 Å². The molecule has 0 radical (unpaired) electrons. The minimum Gasteiger partial charge on any atom is -0.306 e. The molecule has 1 saturated heterocycles. The van der Waals surface area contributed by atoms with Gasteiger partial charge in [-0.25, -0.2) is 0 Å². The van der Waals surface area contributed by atoms with Crippen molar-refractivity contribution in [3.05, 3.63) is 30.3 Å². The Morgan fingerprint density at radius 2 is 2.12 bits per heavy atom. The van der Waals surface area contributed by atoms with Crippen molar-refractivity contribution in [3.63, 3.8) is 0 Å². The number of rotatable bonds is 2. The van der Waals surface area contributed by atoms with Gasteiger partial charge in [-0.05, 0) is 25.5 Å². The van der Waals surface area contributed by atoms with Gasteiger partial charge in [-0.15, -0.1) is 0 Å². The van der Waals surface area contributed by atoms with E-state index in [0.717, 1.165) is 12.1 Å². The first kappa shape index (κ1) is 11.8. The Morgan fingerprint density at radius 3 is 2.75 bits per heavy atom. The molecule has 1 aromatic rings. The van der Waals surface area contributed by atoms with Crippen molar-refractivity contribution in [2.45, 2.75) is 19.4 Å². The van der Waals surface area contributed by atoms with Crippen molar-refractivity contribution in [2.24, 2.45) is 4.74 Å². The van der Waals surface area contributed by atoms with E-state index in [1.807, 2.05) is 37.3 Å². The minimum atomic E-state index is -2.52. The predicted octanol–water partition coefficient (Wildman–Crippen LogP) is 3.74. The van der Waals surface area contributed by atoms with Crippen LogP contribution in [0.1, 0.15) is 13.3 Å². The van der Waals surface area contributed by atoms with Gasteiger partial charge in [-0.3, -0.25) is 4.52 Å². The van der Waals surface area contributed by atoms with Crippen LogP contribution in [0.4, 0.5) is 5.69 Å². The van der Waals surface area contributed by atoms with Crippen LogP contribution in [0.25, 0.3) is 0 Å². The summed E-state index contributed by atoms with van der Waals surface area (Å²) in [5.74, 6) is 0. The van der Waals surface area contributed by atoms with E-state index in [0.29, 0.717) is 6.61 Å². The molecule has 1 fully saturated rings. The topological polar surface area (TPSA) is 40.0 Å². The summed E-state index contributed by atoms with van der Waals surface area (Å²) in [6.07, 6.45) is 1.02. The molecule has 0 saturated carbocycles. The number of hydrogen-bond acceptors (Lipinski definition) is 4. The van der Waals surface area contributed by atoms with Crippen LogP contribution in [0.15, 0.2) is 35.1 Å². The van der Waals surface area contributed by atoms with Gasteiger partial charge in [0, 0.05) is 7.11 Å². The largest absolute Gasteiger partial charge is 0.360 e.